The molecule has 0 radical (unpaired) electrons. The average Bonchev–Trinajstić information content (AvgIpc) is 2.64. The Morgan fingerprint density at radius 1 is 1.27 bits per heavy atom. The van der Waals surface area contributed by atoms with Crippen molar-refractivity contribution in [3.8, 4) is 0 Å². The summed E-state index contributed by atoms with van der Waals surface area (Å²) in [5.74, 6) is -0.798. The fourth-order valence-corrected chi connectivity index (χ4v) is 3.22. The molecule has 7 heteroatoms. The van der Waals surface area contributed by atoms with E-state index in [9.17, 15) is 14.4 Å². The predicted molar refractivity (Wildman–Crippen MR) is 95.8 cm³/mol. The minimum atomic E-state index is -0.682. The molecule has 3 rings (SSSR count). The number of esters is 1. The first-order valence-electron chi connectivity index (χ1n) is 8.58. The molecule has 1 atom stereocenters. The lowest BCUT2D eigenvalue weighted by Gasteiger charge is -2.24. The van der Waals surface area contributed by atoms with Crippen LogP contribution in [-0.2, 0) is 22.4 Å². The first kappa shape index (κ1) is 17.8. The molecule has 0 aliphatic heterocycles. The second-order valence-electron chi connectivity index (χ2n) is 6.48. The third-order valence-electron chi connectivity index (χ3n) is 4.52. The van der Waals surface area contributed by atoms with E-state index in [-0.39, 0.29) is 0 Å². The van der Waals surface area contributed by atoms with Crippen molar-refractivity contribution in [1.82, 2.24) is 15.6 Å². The molecule has 0 unspecified atom stereocenters. The van der Waals surface area contributed by atoms with E-state index in [0.717, 1.165) is 41.4 Å². The third-order valence-corrected chi connectivity index (χ3v) is 4.52. The second kappa shape index (κ2) is 7.51. The van der Waals surface area contributed by atoms with Crippen LogP contribution in [0.1, 0.15) is 35.0 Å². The number of rotatable bonds is 3. The van der Waals surface area contributed by atoms with E-state index in [1.54, 1.807) is 0 Å². The Morgan fingerprint density at radius 2 is 2.04 bits per heavy atom. The van der Waals surface area contributed by atoms with Crippen LogP contribution in [0.5, 0.6) is 0 Å². The number of pyridine rings is 1. The molecule has 1 heterocycles. The van der Waals surface area contributed by atoms with Gasteiger partial charge in [0.2, 0.25) is 0 Å². The maximum Gasteiger partial charge on any atom is 0.339 e. The van der Waals surface area contributed by atoms with Crippen LogP contribution in [0.3, 0.4) is 0 Å². The van der Waals surface area contributed by atoms with Crippen molar-refractivity contribution < 1.29 is 19.1 Å². The quantitative estimate of drug-likeness (QED) is 0.821. The molecule has 0 fully saturated rings. The number of ether oxygens (including phenoxy) is 1. The number of nitrogens with one attached hydrogen (secondary N) is 2. The topological polar surface area (TPSA) is 97.4 Å². The molecule has 1 aliphatic rings. The molecule has 2 aromatic rings. The van der Waals surface area contributed by atoms with Crippen molar-refractivity contribution >= 4 is 28.8 Å². The first-order chi connectivity index (χ1) is 12.5. The van der Waals surface area contributed by atoms with Crippen LogP contribution in [-0.4, -0.2) is 36.5 Å². The van der Waals surface area contributed by atoms with Gasteiger partial charge in [-0.1, -0.05) is 25.1 Å². The average molecular weight is 355 g/mol. The van der Waals surface area contributed by atoms with Gasteiger partial charge >= 0.3 is 12.0 Å². The minimum Gasteiger partial charge on any atom is -0.452 e. The van der Waals surface area contributed by atoms with E-state index in [1.165, 1.54) is 7.05 Å². The number of benzene rings is 1. The smallest absolute Gasteiger partial charge is 0.339 e. The van der Waals surface area contributed by atoms with Crippen LogP contribution < -0.4 is 10.6 Å². The summed E-state index contributed by atoms with van der Waals surface area (Å²) in [6, 6.07) is 6.77. The molecule has 0 saturated carbocycles. The minimum absolute atomic E-state index is 0.452. The Kier molecular flexibility index (Phi) is 5.16. The molecule has 3 amide bonds. The number of hydrogen-bond donors (Lipinski definition) is 2. The van der Waals surface area contributed by atoms with Crippen molar-refractivity contribution in [2.45, 2.75) is 26.2 Å². The lowest BCUT2D eigenvalue weighted by Crippen LogP contribution is -2.39. The molecule has 0 bridgehead atoms. The summed E-state index contributed by atoms with van der Waals surface area (Å²) >= 11 is 0. The van der Waals surface area contributed by atoms with Crippen molar-refractivity contribution in [2.75, 3.05) is 13.7 Å². The molecule has 7 nitrogen and oxygen atoms in total. The van der Waals surface area contributed by atoms with Gasteiger partial charge in [-0.3, -0.25) is 15.1 Å². The molecule has 2 N–H and O–H groups in total. The number of carbonyl (C=O) groups excluding carboxylic acids is 3. The number of amides is 3. The van der Waals surface area contributed by atoms with E-state index in [0.29, 0.717) is 11.5 Å². The van der Waals surface area contributed by atoms with E-state index < -0.39 is 24.5 Å². The van der Waals surface area contributed by atoms with Gasteiger partial charge in [0.15, 0.2) is 6.61 Å². The summed E-state index contributed by atoms with van der Waals surface area (Å²) in [5.41, 5.74) is 3.04. The molecule has 1 aromatic carbocycles. The zero-order valence-electron chi connectivity index (χ0n) is 14.8. The maximum atomic E-state index is 12.8. The van der Waals surface area contributed by atoms with Crippen molar-refractivity contribution in [1.29, 1.82) is 0 Å². The number of para-hydroxylation sites is 1. The SMILES string of the molecule is CNC(=O)NC(=O)COC(=O)c1c2c(nc3ccccc13)CC[C@@H](C)C2. The highest BCUT2D eigenvalue weighted by Gasteiger charge is 2.26. The highest BCUT2D eigenvalue weighted by molar-refractivity contribution is 6.06. The van der Waals surface area contributed by atoms with Crippen molar-refractivity contribution in [2.24, 2.45) is 5.92 Å². The van der Waals surface area contributed by atoms with E-state index >= 15 is 0 Å². The summed E-state index contributed by atoms with van der Waals surface area (Å²) in [6.45, 7) is 1.62. The summed E-state index contributed by atoms with van der Waals surface area (Å²) in [6.07, 6.45) is 2.60. The number of fused-ring (bicyclic) bond motifs is 2. The molecule has 26 heavy (non-hydrogen) atoms. The van der Waals surface area contributed by atoms with Gasteiger partial charge in [-0.2, -0.15) is 0 Å². The number of aromatic nitrogens is 1. The highest BCUT2D eigenvalue weighted by Crippen LogP contribution is 2.31. The zero-order valence-corrected chi connectivity index (χ0v) is 14.8. The van der Waals surface area contributed by atoms with Gasteiger partial charge in [-0.15, -0.1) is 0 Å². The lowest BCUT2D eigenvalue weighted by molar-refractivity contribution is -0.123. The van der Waals surface area contributed by atoms with Gasteiger partial charge in [0.1, 0.15) is 0 Å². The number of carbonyl (C=O) groups is 3. The number of imide groups is 1. The van der Waals surface area contributed by atoms with Crippen LogP contribution in [0.15, 0.2) is 24.3 Å². The Bertz CT molecular complexity index is 878. The fourth-order valence-electron chi connectivity index (χ4n) is 3.22. The molecule has 0 saturated heterocycles. The molecular weight excluding hydrogens is 334 g/mol. The standard InChI is InChI=1S/C19H21N3O4/c1-11-7-8-15-13(9-11)17(12-5-3-4-6-14(12)21-15)18(24)26-10-16(23)22-19(25)20-2/h3-6,11H,7-10H2,1-2H3,(H2,20,22,23,25)/t11-/m1/s1. The Morgan fingerprint density at radius 3 is 2.81 bits per heavy atom. The molecule has 1 aliphatic carbocycles. The van der Waals surface area contributed by atoms with Crippen LogP contribution in [0.25, 0.3) is 10.9 Å². The normalized spacial score (nSPS) is 15.8. The van der Waals surface area contributed by atoms with Crippen LogP contribution in [0.2, 0.25) is 0 Å². The van der Waals surface area contributed by atoms with Gasteiger partial charge in [-0.25, -0.2) is 9.59 Å². The van der Waals surface area contributed by atoms with E-state index in [2.05, 4.69) is 17.6 Å². The third kappa shape index (κ3) is 3.66. The summed E-state index contributed by atoms with van der Waals surface area (Å²) in [4.78, 5) is 40.3. The monoisotopic (exact) mass is 355 g/mol. The fraction of sp³-hybridized carbons (Fsp3) is 0.368. The van der Waals surface area contributed by atoms with E-state index in [1.807, 2.05) is 24.3 Å². The molecule has 136 valence electrons. The molecule has 1 aromatic heterocycles. The Labute approximate surface area is 151 Å². The van der Waals surface area contributed by atoms with Gasteiger partial charge in [0, 0.05) is 18.1 Å². The number of urea groups is 1. The second-order valence-corrected chi connectivity index (χ2v) is 6.48. The van der Waals surface area contributed by atoms with Crippen LogP contribution >= 0.6 is 0 Å². The first-order valence-corrected chi connectivity index (χ1v) is 8.58. The lowest BCUT2D eigenvalue weighted by atomic mass is 9.84. The molecular formula is C19H21N3O4. The van der Waals surface area contributed by atoms with Gasteiger partial charge in [-0.05, 0) is 36.8 Å². The van der Waals surface area contributed by atoms with Crippen molar-refractivity contribution in [3.05, 3.63) is 41.1 Å². The van der Waals surface area contributed by atoms with Crippen LogP contribution in [0.4, 0.5) is 4.79 Å². The largest absolute Gasteiger partial charge is 0.452 e. The highest BCUT2D eigenvalue weighted by atomic mass is 16.5. The van der Waals surface area contributed by atoms with E-state index in [4.69, 9.17) is 9.72 Å². The van der Waals surface area contributed by atoms with Crippen LogP contribution in [0, 0.1) is 5.92 Å². The summed E-state index contributed by atoms with van der Waals surface area (Å²) < 4.78 is 5.19. The maximum absolute atomic E-state index is 12.8. The predicted octanol–water partition coefficient (Wildman–Crippen LogP) is 1.97. The van der Waals surface area contributed by atoms with Gasteiger partial charge in [0.25, 0.3) is 5.91 Å². The number of nitrogens with zero attached hydrogens (tertiary/aromatic N) is 1. The number of hydrogen-bond acceptors (Lipinski definition) is 5. The Balaban J connectivity index is 1.90. The summed E-state index contributed by atoms with van der Waals surface area (Å²) in [5, 5.41) is 5.05. The summed E-state index contributed by atoms with van der Waals surface area (Å²) in [7, 11) is 1.39. The van der Waals surface area contributed by atoms with Crippen molar-refractivity contribution in [3.63, 3.8) is 0 Å². The van der Waals surface area contributed by atoms with Gasteiger partial charge < -0.3 is 10.1 Å². The molecule has 0 spiro atoms. The zero-order chi connectivity index (χ0) is 18.7. The number of aryl methyl sites for hydroxylation is 1. The Hall–Kier alpha value is -2.96. The van der Waals surface area contributed by atoms with Gasteiger partial charge in [0.05, 0.1) is 11.1 Å².